The quantitative estimate of drug-likeness (QED) is 0.657. The summed E-state index contributed by atoms with van der Waals surface area (Å²) in [5.41, 5.74) is -0.375. The zero-order chi connectivity index (χ0) is 19.9. The molecule has 8 heteroatoms. The number of imide groups is 1. The van der Waals surface area contributed by atoms with Gasteiger partial charge in [-0.2, -0.15) is 0 Å². The van der Waals surface area contributed by atoms with Gasteiger partial charge in [0, 0.05) is 18.8 Å². The molecule has 27 heavy (non-hydrogen) atoms. The summed E-state index contributed by atoms with van der Waals surface area (Å²) in [4.78, 5) is 44.6. The van der Waals surface area contributed by atoms with Gasteiger partial charge in [0.2, 0.25) is 11.8 Å². The monoisotopic (exact) mass is 370 g/mol. The number of nitrogens with one attached hydrogen (secondary N) is 2. The molecule has 1 aromatic heterocycles. The summed E-state index contributed by atoms with van der Waals surface area (Å²) in [5, 5.41) is 14.5. The summed E-state index contributed by atoms with van der Waals surface area (Å²) in [6.07, 6.45) is 4.03. The van der Waals surface area contributed by atoms with Gasteiger partial charge in [0.05, 0.1) is 18.2 Å². The molecule has 0 unspecified atom stereocenters. The number of amides is 3. The molecule has 0 spiro atoms. The Balaban J connectivity index is 2.12. The predicted octanol–water partition coefficient (Wildman–Crippen LogP) is 0.621. The molecular weight excluding hydrogens is 348 g/mol. The highest BCUT2D eigenvalue weighted by Gasteiger charge is 2.26. The second-order valence-electron chi connectivity index (χ2n) is 6.71. The van der Waals surface area contributed by atoms with E-state index in [1.54, 1.807) is 0 Å². The maximum atomic E-state index is 12.5. The van der Waals surface area contributed by atoms with Crippen LogP contribution in [-0.4, -0.2) is 44.4 Å². The molecule has 2 rings (SSSR count). The van der Waals surface area contributed by atoms with Gasteiger partial charge < -0.3 is 10.4 Å². The first-order valence-corrected chi connectivity index (χ1v) is 8.41. The zero-order valence-electron chi connectivity index (χ0n) is 15.2. The van der Waals surface area contributed by atoms with E-state index in [9.17, 15) is 19.5 Å². The molecule has 0 bridgehead atoms. The van der Waals surface area contributed by atoms with Crippen LogP contribution in [0.25, 0.3) is 0 Å². The fraction of sp³-hybridized carbons (Fsp3) is 0.316. The van der Waals surface area contributed by atoms with E-state index in [1.165, 1.54) is 32.4 Å². The number of nitrogens with zero attached hydrogens (tertiary/aromatic N) is 2. The Morgan fingerprint density at radius 2 is 1.85 bits per heavy atom. The lowest BCUT2D eigenvalue weighted by Gasteiger charge is -2.20. The van der Waals surface area contributed by atoms with Crippen LogP contribution >= 0.6 is 0 Å². The standard InChI is InChI=1S/C19H22N4O4/c1-19(2,27)11-16(24)23-17(25)14(10-13-6-4-3-5-7-13)22-18(26)15-12-20-8-9-21-15/h3-9,12,14,27H,10-11H2,1-2H3,(H,22,26)(H,23,24,25)/t14-/m0/s1. The molecular formula is C19H22N4O4. The van der Waals surface area contributed by atoms with Crippen molar-refractivity contribution in [1.82, 2.24) is 20.6 Å². The van der Waals surface area contributed by atoms with Gasteiger partial charge in [-0.15, -0.1) is 0 Å². The molecule has 142 valence electrons. The van der Waals surface area contributed by atoms with Crippen molar-refractivity contribution < 1.29 is 19.5 Å². The first-order chi connectivity index (χ1) is 12.7. The average molecular weight is 370 g/mol. The van der Waals surface area contributed by atoms with Crippen LogP contribution in [0, 0.1) is 0 Å². The van der Waals surface area contributed by atoms with Crippen molar-refractivity contribution in [3.8, 4) is 0 Å². The smallest absolute Gasteiger partial charge is 0.272 e. The summed E-state index contributed by atoms with van der Waals surface area (Å²) in [6, 6.07) is 8.10. The largest absolute Gasteiger partial charge is 0.390 e. The lowest BCUT2D eigenvalue weighted by molar-refractivity contribution is -0.133. The molecule has 1 aromatic carbocycles. The van der Waals surface area contributed by atoms with Crippen molar-refractivity contribution in [1.29, 1.82) is 0 Å². The third-order valence-electron chi connectivity index (χ3n) is 3.56. The lowest BCUT2D eigenvalue weighted by Crippen LogP contribution is -2.50. The van der Waals surface area contributed by atoms with Crippen LogP contribution in [0.15, 0.2) is 48.9 Å². The fourth-order valence-electron chi connectivity index (χ4n) is 2.37. The molecule has 2 aromatic rings. The van der Waals surface area contributed by atoms with Gasteiger partial charge in [-0.3, -0.25) is 24.7 Å². The van der Waals surface area contributed by atoms with Crippen molar-refractivity contribution in [3.63, 3.8) is 0 Å². The second kappa shape index (κ2) is 9.00. The van der Waals surface area contributed by atoms with Gasteiger partial charge in [-0.1, -0.05) is 30.3 Å². The van der Waals surface area contributed by atoms with Gasteiger partial charge in [-0.25, -0.2) is 4.98 Å². The van der Waals surface area contributed by atoms with Crippen LogP contribution in [-0.2, 0) is 16.0 Å². The number of aliphatic hydroxyl groups is 1. The number of rotatable bonds is 7. The van der Waals surface area contributed by atoms with E-state index < -0.39 is 29.4 Å². The minimum Gasteiger partial charge on any atom is -0.390 e. The minimum atomic E-state index is -1.25. The van der Waals surface area contributed by atoms with Crippen molar-refractivity contribution in [2.45, 2.75) is 38.3 Å². The topological polar surface area (TPSA) is 121 Å². The van der Waals surface area contributed by atoms with Crippen LogP contribution in [0.5, 0.6) is 0 Å². The van der Waals surface area contributed by atoms with Crippen molar-refractivity contribution in [3.05, 3.63) is 60.2 Å². The first-order valence-electron chi connectivity index (χ1n) is 8.41. The van der Waals surface area contributed by atoms with E-state index in [1.807, 2.05) is 30.3 Å². The summed E-state index contributed by atoms with van der Waals surface area (Å²) in [5.74, 6) is -1.86. The Hall–Kier alpha value is -3.13. The molecule has 8 nitrogen and oxygen atoms in total. The Labute approximate surface area is 157 Å². The molecule has 0 aliphatic heterocycles. The first kappa shape index (κ1) is 20.2. The number of aromatic nitrogens is 2. The Bertz CT molecular complexity index is 788. The molecule has 0 fully saturated rings. The van der Waals surface area contributed by atoms with E-state index in [4.69, 9.17) is 0 Å². The summed E-state index contributed by atoms with van der Waals surface area (Å²) >= 11 is 0. The normalized spacial score (nSPS) is 12.1. The third-order valence-corrected chi connectivity index (χ3v) is 3.56. The maximum Gasteiger partial charge on any atom is 0.272 e. The summed E-state index contributed by atoms with van der Waals surface area (Å²) < 4.78 is 0. The summed E-state index contributed by atoms with van der Waals surface area (Å²) in [6.45, 7) is 2.93. The molecule has 3 amide bonds. The average Bonchev–Trinajstić information content (AvgIpc) is 2.61. The predicted molar refractivity (Wildman–Crippen MR) is 97.5 cm³/mol. The molecule has 1 atom stereocenters. The molecule has 0 saturated heterocycles. The molecule has 0 radical (unpaired) electrons. The van der Waals surface area contributed by atoms with E-state index in [-0.39, 0.29) is 18.5 Å². The van der Waals surface area contributed by atoms with Crippen LogP contribution in [0.2, 0.25) is 0 Å². The number of carbonyl (C=O) groups excluding carboxylic acids is 3. The molecule has 3 N–H and O–H groups in total. The van der Waals surface area contributed by atoms with Crippen LogP contribution in [0.1, 0.15) is 36.3 Å². The van der Waals surface area contributed by atoms with Crippen LogP contribution in [0.4, 0.5) is 0 Å². The van der Waals surface area contributed by atoms with Gasteiger partial charge in [-0.05, 0) is 19.4 Å². The van der Waals surface area contributed by atoms with E-state index in [2.05, 4.69) is 20.6 Å². The second-order valence-corrected chi connectivity index (χ2v) is 6.71. The fourth-order valence-corrected chi connectivity index (χ4v) is 2.37. The molecule has 0 saturated carbocycles. The van der Waals surface area contributed by atoms with Crippen LogP contribution in [0.3, 0.4) is 0 Å². The van der Waals surface area contributed by atoms with Crippen molar-refractivity contribution in [2.24, 2.45) is 0 Å². The lowest BCUT2D eigenvalue weighted by atomic mass is 10.0. The Morgan fingerprint density at radius 1 is 1.15 bits per heavy atom. The molecule has 1 heterocycles. The SMILES string of the molecule is CC(C)(O)CC(=O)NC(=O)[C@H](Cc1ccccc1)NC(=O)c1cnccn1. The number of hydrogen-bond acceptors (Lipinski definition) is 6. The number of benzene rings is 1. The van der Waals surface area contributed by atoms with Gasteiger partial charge in [0.15, 0.2) is 0 Å². The highest BCUT2D eigenvalue weighted by molar-refractivity contribution is 6.01. The van der Waals surface area contributed by atoms with E-state index in [0.29, 0.717) is 0 Å². The van der Waals surface area contributed by atoms with Crippen LogP contribution < -0.4 is 10.6 Å². The molecule has 0 aliphatic carbocycles. The highest BCUT2D eigenvalue weighted by atomic mass is 16.3. The minimum absolute atomic E-state index is 0.0613. The number of hydrogen-bond donors (Lipinski definition) is 3. The van der Waals surface area contributed by atoms with Gasteiger partial charge in [0.25, 0.3) is 5.91 Å². The third kappa shape index (κ3) is 6.95. The van der Waals surface area contributed by atoms with Crippen molar-refractivity contribution in [2.75, 3.05) is 0 Å². The summed E-state index contributed by atoms with van der Waals surface area (Å²) in [7, 11) is 0. The Kier molecular flexibility index (Phi) is 6.73. The van der Waals surface area contributed by atoms with Crippen molar-refractivity contribution >= 4 is 17.7 Å². The van der Waals surface area contributed by atoms with Gasteiger partial charge in [0.1, 0.15) is 11.7 Å². The molecule has 0 aliphatic rings. The highest BCUT2D eigenvalue weighted by Crippen LogP contribution is 2.08. The van der Waals surface area contributed by atoms with Gasteiger partial charge >= 0.3 is 0 Å². The zero-order valence-corrected chi connectivity index (χ0v) is 15.2. The Morgan fingerprint density at radius 3 is 2.44 bits per heavy atom. The van der Waals surface area contributed by atoms with E-state index >= 15 is 0 Å². The number of carbonyl (C=O) groups is 3. The maximum absolute atomic E-state index is 12.5. The van der Waals surface area contributed by atoms with E-state index in [0.717, 1.165) is 5.56 Å².